The Balaban J connectivity index is 0.000000206. The van der Waals surface area contributed by atoms with Crippen LogP contribution in [0.4, 0.5) is 0 Å². The van der Waals surface area contributed by atoms with Gasteiger partial charge >= 0.3 is 243 Å². The molecule has 6 aromatic carbocycles. The zero-order valence-corrected chi connectivity index (χ0v) is 37.0. The summed E-state index contributed by atoms with van der Waals surface area (Å²) in [5.41, 5.74) is 0. The molecule has 234 valence electrons. The number of benzene rings is 6. The molecule has 5 heteroatoms. The van der Waals surface area contributed by atoms with Crippen LogP contribution in [0.5, 0.6) is 0 Å². The molecule has 0 aliphatic heterocycles. The summed E-state index contributed by atoms with van der Waals surface area (Å²) in [6, 6.07) is 65.9. The van der Waals surface area contributed by atoms with Crippen molar-refractivity contribution in [2.24, 2.45) is 0 Å². The number of hydrogen-bond acceptors (Lipinski definition) is 2. The van der Waals surface area contributed by atoms with E-state index in [9.17, 15) is 0 Å². The molecule has 47 heavy (non-hydrogen) atoms. The molecule has 2 radical (unpaired) electrons. The molecule has 0 heterocycles. The summed E-state index contributed by atoms with van der Waals surface area (Å²) >= 11 is -3.96. The minimum absolute atomic E-state index is 0. The number of likely N-dealkylation sites (N-methyl/N-ethyl adjacent to an activating group) is 2. The van der Waals surface area contributed by atoms with Crippen LogP contribution in [-0.4, -0.2) is 90.6 Å². The zero-order chi connectivity index (χ0) is 32.4. The van der Waals surface area contributed by atoms with Gasteiger partial charge in [0.15, 0.2) is 0 Å². The molecule has 6 rings (SSSR count). The second-order valence-electron chi connectivity index (χ2n) is 11.6. The van der Waals surface area contributed by atoms with Crippen molar-refractivity contribution < 1.29 is 19.5 Å². The summed E-state index contributed by atoms with van der Waals surface area (Å²) in [7, 11) is 8.35. The first-order valence-corrected chi connectivity index (χ1v) is 24.4. The van der Waals surface area contributed by atoms with Gasteiger partial charge in [0.05, 0.1) is 0 Å². The molecular weight excluding hydrogens is 835 g/mol. The van der Waals surface area contributed by atoms with Crippen molar-refractivity contribution >= 4 is 61.0 Å². The van der Waals surface area contributed by atoms with Crippen molar-refractivity contribution in [2.75, 3.05) is 41.3 Å². The van der Waals surface area contributed by atoms with E-state index in [-0.39, 0.29) is 19.5 Å². The Kier molecular flexibility index (Phi) is 18.3. The van der Waals surface area contributed by atoms with E-state index in [1.165, 1.54) is 21.5 Å². The number of hydrogen-bond donors (Lipinski definition) is 0. The molecule has 0 unspecified atom stereocenters. The fourth-order valence-corrected chi connectivity index (χ4v) is 19.7. The third-order valence-electron chi connectivity index (χ3n) is 7.37. The third kappa shape index (κ3) is 13.5. The van der Waals surface area contributed by atoms with Gasteiger partial charge in [0.1, 0.15) is 0 Å². The van der Waals surface area contributed by atoms with Crippen LogP contribution in [0.15, 0.2) is 182 Å². The van der Waals surface area contributed by atoms with Gasteiger partial charge in [0, 0.05) is 32.6 Å². The molecule has 0 spiro atoms. The van der Waals surface area contributed by atoms with Gasteiger partial charge in [0.2, 0.25) is 0 Å². The molecule has 0 aliphatic carbocycles. The second-order valence-corrected chi connectivity index (χ2v) is 25.7. The molecule has 0 saturated carbocycles. The van der Waals surface area contributed by atoms with E-state index >= 15 is 0 Å². The standard InChI is InChI=1S/C6H16N2.6C6H5.2Sn.Zn/c1-7(2)5-6-8(3)4;6*1-2-4-6-5-3-1;;;/h5-6H2,1-4H3;6*1-5H;;;. The average molecular weight is 882 g/mol. The summed E-state index contributed by atoms with van der Waals surface area (Å²) < 4.78 is 9.18. The van der Waals surface area contributed by atoms with Crippen molar-refractivity contribution in [3.8, 4) is 0 Å². The summed E-state index contributed by atoms with van der Waals surface area (Å²) in [6.07, 6.45) is 0. The molecule has 0 aliphatic rings. The fraction of sp³-hybridized carbons (Fsp3) is 0.143. The van der Waals surface area contributed by atoms with E-state index in [0.717, 1.165) is 13.1 Å². The van der Waals surface area contributed by atoms with Gasteiger partial charge < -0.3 is 9.80 Å². The molecule has 0 fully saturated rings. The van der Waals surface area contributed by atoms with E-state index in [4.69, 9.17) is 0 Å². The molecule has 0 bridgehead atoms. The molecule has 0 N–H and O–H groups in total. The first kappa shape index (κ1) is 38.9. The maximum atomic E-state index is 2.29. The van der Waals surface area contributed by atoms with E-state index in [1.807, 2.05) is 0 Å². The van der Waals surface area contributed by atoms with Gasteiger partial charge in [-0.05, 0) is 28.2 Å². The summed E-state index contributed by atoms with van der Waals surface area (Å²) in [5, 5.41) is 0. The van der Waals surface area contributed by atoms with Crippen molar-refractivity contribution in [3.05, 3.63) is 182 Å². The molecule has 2 nitrogen and oxygen atoms in total. The summed E-state index contributed by atoms with van der Waals surface area (Å²) in [5.74, 6) is 0. The SMILES string of the molecule is CN(C)CCN(C)C.[Zn].c1cc[c]([Sn]([c]2ccccc2)[c]2ccccc2)cc1.c1cc[c]([Sn]([c]2ccccc2)[c]2ccccc2)cc1. The maximum absolute atomic E-state index is 2.29. The Morgan fingerprint density at radius 1 is 0.298 bits per heavy atom. The zero-order valence-electron chi connectivity index (χ0n) is 28.3. The molecule has 0 atom stereocenters. The molecule has 0 amide bonds. The predicted molar refractivity (Wildman–Crippen MR) is 205 cm³/mol. The van der Waals surface area contributed by atoms with Crippen LogP contribution < -0.4 is 21.5 Å². The first-order chi connectivity index (χ1) is 22.5. The van der Waals surface area contributed by atoms with E-state index in [0.29, 0.717) is 0 Å². The van der Waals surface area contributed by atoms with Crippen molar-refractivity contribution in [1.82, 2.24) is 9.80 Å². The summed E-state index contributed by atoms with van der Waals surface area (Å²) in [6.45, 7) is 2.29. The van der Waals surface area contributed by atoms with Crippen LogP contribution >= 0.6 is 0 Å². The average Bonchev–Trinajstić information content (AvgIpc) is 3.11. The molecule has 0 aromatic heterocycles. The van der Waals surface area contributed by atoms with Crippen LogP contribution in [0.3, 0.4) is 0 Å². The topological polar surface area (TPSA) is 6.48 Å². The van der Waals surface area contributed by atoms with Crippen molar-refractivity contribution in [2.45, 2.75) is 0 Å². The van der Waals surface area contributed by atoms with Crippen LogP contribution in [0.1, 0.15) is 0 Å². The van der Waals surface area contributed by atoms with E-state index < -0.39 is 39.5 Å². The Morgan fingerprint density at radius 2 is 0.447 bits per heavy atom. The van der Waals surface area contributed by atoms with Gasteiger partial charge in [-0.3, -0.25) is 0 Å². The quantitative estimate of drug-likeness (QED) is 0.198. The van der Waals surface area contributed by atoms with Crippen LogP contribution in [0.25, 0.3) is 0 Å². The second kappa shape index (κ2) is 22.2. The predicted octanol–water partition coefficient (Wildman–Crippen LogP) is 4.51. The Bertz CT molecular complexity index is 1310. The number of rotatable bonds is 9. The minimum atomic E-state index is -1.98. The summed E-state index contributed by atoms with van der Waals surface area (Å²) in [4.78, 5) is 4.36. The Hall–Kier alpha value is -2.54. The van der Waals surface area contributed by atoms with Crippen LogP contribution in [0, 0.1) is 0 Å². The molecule has 6 aromatic rings. The van der Waals surface area contributed by atoms with Crippen LogP contribution in [-0.2, 0) is 19.5 Å². The van der Waals surface area contributed by atoms with Crippen molar-refractivity contribution in [3.63, 3.8) is 0 Å². The molecule has 0 saturated heterocycles. The van der Waals surface area contributed by atoms with Gasteiger partial charge in [0.25, 0.3) is 0 Å². The van der Waals surface area contributed by atoms with Gasteiger partial charge in [-0.2, -0.15) is 0 Å². The van der Waals surface area contributed by atoms with E-state index in [2.05, 4.69) is 220 Å². The van der Waals surface area contributed by atoms with Gasteiger partial charge in [-0.15, -0.1) is 0 Å². The number of nitrogens with zero attached hydrogens (tertiary/aromatic N) is 2. The Labute approximate surface area is 310 Å². The normalized spacial score (nSPS) is 10.5. The van der Waals surface area contributed by atoms with Crippen LogP contribution in [0.2, 0.25) is 0 Å². The van der Waals surface area contributed by atoms with Gasteiger partial charge in [-0.25, -0.2) is 0 Å². The van der Waals surface area contributed by atoms with E-state index in [1.54, 1.807) is 0 Å². The third-order valence-corrected chi connectivity index (χ3v) is 23.0. The monoisotopic (exact) mass is 882 g/mol. The Morgan fingerprint density at radius 3 is 0.574 bits per heavy atom. The van der Waals surface area contributed by atoms with Crippen molar-refractivity contribution in [1.29, 1.82) is 0 Å². The molecular formula is C42H46N2Sn2Zn. The fourth-order valence-electron chi connectivity index (χ4n) is 5.03. The van der Waals surface area contributed by atoms with Gasteiger partial charge in [-0.1, -0.05) is 0 Å². The first-order valence-electron chi connectivity index (χ1n) is 15.9.